The average Bonchev–Trinajstić information content (AvgIpc) is 2.12. The molecule has 1 aromatic rings. The molecule has 0 aromatic heterocycles. The van der Waals surface area contributed by atoms with E-state index in [1.165, 1.54) is 6.07 Å². The minimum absolute atomic E-state index is 0.142. The minimum Gasteiger partial charge on any atom is -0.462 e. The van der Waals surface area contributed by atoms with Crippen LogP contribution >= 0.6 is 11.6 Å². The third kappa shape index (κ3) is 3.00. The Morgan fingerprint density at radius 1 is 1.50 bits per heavy atom. The highest BCUT2D eigenvalue weighted by atomic mass is 35.5. The first-order chi connectivity index (χ1) is 6.63. The van der Waals surface area contributed by atoms with E-state index in [2.05, 4.69) is 0 Å². The van der Waals surface area contributed by atoms with Gasteiger partial charge in [-0.1, -0.05) is 18.5 Å². The van der Waals surface area contributed by atoms with Crippen LogP contribution in [0.3, 0.4) is 0 Å². The molecular weight excluding hydrogens is 207 g/mol. The van der Waals surface area contributed by atoms with E-state index < -0.39 is 11.8 Å². The van der Waals surface area contributed by atoms with Crippen LogP contribution in [0.25, 0.3) is 0 Å². The number of carbonyl (C=O) groups is 1. The summed E-state index contributed by atoms with van der Waals surface area (Å²) in [6, 6.07) is 3.62. The van der Waals surface area contributed by atoms with Gasteiger partial charge in [0, 0.05) is 5.02 Å². The Balaban J connectivity index is 2.79. The highest BCUT2D eigenvalue weighted by molar-refractivity contribution is 6.30. The van der Waals surface area contributed by atoms with Crippen molar-refractivity contribution in [3.63, 3.8) is 0 Å². The Labute approximate surface area is 86.6 Å². The van der Waals surface area contributed by atoms with Crippen LogP contribution in [-0.4, -0.2) is 12.6 Å². The maximum absolute atomic E-state index is 12.8. The molecule has 0 radical (unpaired) electrons. The fraction of sp³-hybridized carbons (Fsp3) is 0.300. The smallest absolute Gasteiger partial charge is 0.338 e. The van der Waals surface area contributed by atoms with Crippen LogP contribution in [0, 0.1) is 5.82 Å². The van der Waals surface area contributed by atoms with Crippen molar-refractivity contribution < 1.29 is 13.9 Å². The van der Waals surface area contributed by atoms with Gasteiger partial charge in [0.05, 0.1) is 12.2 Å². The molecule has 0 fully saturated rings. The molecular formula is C10H10ClFO2. The van der Waals surface area contributed by atoms with Gasteiger partial charge in [0.2, 0.25) is 0 Å². The molecule has 1 rings (SSSR count). The molecule has 0 aliphatic heterocycles. The molecule has 0 unspecified atom stereocenters. The van der Waals surface area contributed by atoms with Gasteiger partial charge in [-0.3, -0.25) is 0 Å². The van der Waals surface area contributed by atoms with Crippen LogP contribution in [-0.2, 0) is 4.74 Å². The zero-order valence-corrected chi connectivity index (χ0v) is 8.47. The third-order valence-corrected chi connectivity index (χ3v) is 1.75. The number of carbonyl (C=O) groups excluding carboxylic acids is 1. The Morgan fingerprint density at radius 3 is 2.79 bits per heavy atom. The van der Waals surface area contributed by atoms with Crippen LogP contribution in [0.15, 0.2) is 18.2 Å². The molecule has 0 heterocycles. The predicted molar refractivity (Wildman–Crippen MR) is 52.0 cm³/mol. The zero-order chi connectivity index (χ0) is 10.6. The third-order valence-electron chi connectivity index (χ3n) is 1.54. The zero-order valence-electron chi connectivity index (χ0n) is 7.72. The fourth-order valence-electron chi connectivity index (χ4n) is 0.950. The predicted octanol–water partition coefficient (Wildman–Crippen LogP) is 3.05. The van der Waals surface area contributed by atoms with E-state index in [0.29, 0.717) is 6.61 Å². The van der Waals surface area contributed by atoms with E-state index in [1.807, 2.05) is 6.92 Å². The van der Waals surface area contributed by atoms with E-state index in [-0.39, 0.29) is 10.6 Å². The first kappa shape index (κ1) is 11.0. The number of rotatable bonds is 3. The standard InChI is InChI=1S/C10H10ClFO2/c1-2-3-14-10(13)7-4-8(11)6-9(12)5-7/h4-6H,2-3H2,1H3. The number of hydrogen-bond donors (Lipinski definition) is 0. The Morgan fingerprint density at radius 2 is 2.21 bits per heavy atom. The van der Waals surface area contributed by atoms with Crippen LogP contribution < -0.4 is 0 Å². The minimum atomic E-state index is -0.548. The SMILES string of the molecule is CCCOC(=O)c1cc(F)cc(Cl)c1. The molecule has 14 heavy (non-hydrogen) atoms. The molecule has 0 aliphatic carbocycles. The van der Waals surface area contributed by atoms with Crippen molar-refractivity contribution in [1.29, 1.82) is 0 Å². The second-order valence-corrected chi connectivity index (χ2v) is 3.23. The number of esters is 1. The molecule has 0 amide bonds. The molecule has 0 saturated heterocycles. The number of benzene rings is 1. The second kappa shape index (κ2) is 4.96. The Bertz CT molecular complexity index is 319. The van der Waals surface area contributed by atoms with Crippen molar-refractivity contribution in [2.45, 2.75) is 13.3 Å². The van der Waals surface area contributed by atoms with Gasteiger partial charge < -0.3 is 4.74 Å². The second-order valence-electron chi connectivity index (χ2n) is 2.79. The molecule has 0 bridgehead atoms. The highest BCUT2D eigenvalue weighted by Gasteiger charge is 2.08. The lowest BCUT2D eigenvalue weighted by Crippen LogP contribution is -2.06. The quantitative estimate of drug-likeness (QED) is 0.726. The molecule has 0 N–H and O–H groups in total. The maximum atomic E-state index is 12.8. The summed E-state index contributed by atoms with van der Waals surface area (Å²) in [5.74, 6) is -1.09. The number of ether oxygens (including phenoxy) is 1. The van der Waals surface area contributed by atoms with E-state index >= 15 is 0 Å². The van der Waals surface area contributed by atoms with Gasteiger partial charge in [-0.2, -0.15) is 0 Å². The lowest BCUT2D eigenvalue weighted by molar-refractivity contribution is 0.0504. The molecule has 0 aliphatic rings. The molecule has 2 nitrogen and oxygen atoms in total. The summed E-state index contributed by atoms with van der Waals surface area (Å²) in [6.45, 7) is 2.21. The lowest BCUT2D eigenvalue weighted by atomic mass is 10.2. The van der Waals surface area contributed by atoms with E-state index in [0.717, 1.165) is 18.6 Å². The molecule has 0 spiro atoms. The van der Waals surface area contributed by atoms with Crippen molar-refractivity contribution in [3.8, 4) is 0 Å². The van der Waals surface area contributed by atoms with Crippen LogP contribution in [0.2, 0.25) is 5.02 Å². The van der Waals surface area contributed by atoms with E-state index in [4.69, 9.17) is 16.3 Å². The van der Waals surface area contributed by atoms with Gasteiger partial charge in [-0.25, -0.2) is 9.18 Å². The molecule has 0 atom stereocenters. The van der Waals surface area contributed by atoms with Gasteiger partial charge >= 0.3 is 5.97 Å². The van der Waals surface area contributed by atoms with Crippen LogP contribution in [0.1, 0.15) is 23.7 Å². The number of hydrogen-bond acceptors (Lipinski definition) is 2. The number of halogens is 2. The summed E-state index contributed by atoms with van der Waals surface area (Å²) >= 11 is 5.58. The summed E-state index contributed by atoms with van der Waals surface area (Å²) < 4.78 is 17.6. The molecule has 4 heteroatoms. The normalized spacial score (nSPS) is 9.93. The van der Waals surface area contributed by atoms with Crippen molar-refractivity contribution in [2.24, 2.45) is 0 Å². The molecule has 0 saturated carbocycles. The molecule has 76 valence electrons. The van der Waals surface area contributed by atoms with Crippen LogP contribution in [0.5, 0.6) is 0 Å². The summed E-state index contributed by atoms with van der Waals surface area (Å²) in [7, 11) is 0. The average molecular weight is 217 g/mol. The van der Waals surface area contributed by atoms with Crippen molar-refractivity contribution in [3.05, 3.63) is 34.6 Å². The van der Waals surface area contributed by atoms with Crippen molar-refractivity contribution >= 4 is 17.6 Å². The molecule has 1 aromatic carbocycles. The van der Waals surface area contributed by atoms with Gasteiger partial charge in [0.15, 0.2) is 0 Å². The van der Waals surface area contributed by atoms with Gasteiger partial charge in [-0.05, 0) is 24.6 Å². The first-order valence-electron chi connectivity index (χ1n) is 4.26. The van der Waals surface area contributed by atoms with E-state index in [1.54, 1.807) is 0 Å². The Hall–Kier alpha value is -1.09. The van der Waals surface area contributed by atoms with Gasteiger partial charge in [-0.15, -0.1) is 0 Å². The van der Waals surface area contributed by atoms with Gasteiger partial charge in [0.1, 0.15) is 5.82 Å². The van der Waals surface area contributed by atoms with Gasteiger partial charge in [0.25, 0.3) is 0 Å². The highest BCUT2D eigenvalue weighted by Crippen LogP contribution is 2.14. The lowest BCUT2D eigenvalue weighted by Gasteiger charge is -2.03. The van der Waals surface area contributed by atoms with E-state index in [9.17, 15) is 9.18 Å². The Kier molecular flexibility index (Phi) is 3.89. The van der Waals surface area contributed by atoms with Crippen molar-refractivity contribution in [2.75, 3.05) is 6.61 Å². The summed E-state index contributed by atoms with van der Waals surface area (Å²) in [5, 5.41) is 0.188. The fourth-order valence-corrected chi connectivity index (χ4v) is 1.17. The maximum Gasteiger partial charge on any atom is 0.338 e. The first-order valence-corrected chi connectivity index (χ1v) is 4.64. The summed E-state index contributed by atoms with van der Waals surface area (Å²) in [5.41, 5.74) is 0.142. The monoisotopic (exact) mass is 216 g/mol. The van der Waals surface area contributed by atoms with Crippen molar-refractivity contribution in [1.82, 2.24) is 0 Å². The summed E-state index contributed by atoms with van der Waals surface area (Å²) in [6.07, 6.45) is 0.731. The summed E-state index contributed by atoms with van der Waals surface area (Å²) in [4.78, 5) is 11.3. The van der Waals surface area contributed by atoms with Crippen LogP contribution in [0.4, 0.5) is 4.39 Å². The largest absolute Gasteiger partial charge is 0.462 e. The topological polar surface area (TPSA) is 26.3 Å².